The van der Waals surface area contributed by atoms with Gasteiger partial charge in [-0.15, -0.1) is 0 Å². The van der Waals surface area contributed by atoms with E-state index in [1.54, 1.807) is 12.4 Å². The molecule has 0 fully saturated rings. The lowest BCUT2D eigenvalue weighted by Crippen LogP contribution is -2.15. The third-order valence-electron chi connectivity index (χ3n) is 1.85. The van der Waals surface area contributed by atoms with Crippen molar-refractivity contribution in [1.82, 2.24) is 15.0 Å². The van der Waals surface area contributed by atoms with Gasteiger partial charge in [-0.2, -0.15) is 15.0 Å². The van der Waals surface area contributed by atoms with Crippen molar-refractivity contribution in [3.05, 3.63) is 0 Å². The third-order valence-corrected chi connectivity index (χ3v) is 1.85. The number of nitrogens with one attached hydrogen (secondary N) is 3. The SMILES string of the molecule is CCOC(=O)CCNc1nc(NO)nc(NOC)n1. The second-order valence-corrected chi connectivity index (χ2v) is 3.21. The van der Waals surface area contributed by atoms with E-state index in [-0.39, 0.29) is 30.2 Å². The Balaban J connectivity index is 2.56. The Hall–Kier alpha value is -2.20. The molecule has 0 bridgehead atoms. The maximum Gasteiger partial charge on any atom is 0.307 e. The van der Waals surface area contributed by atoms with Gasteiger partial charge in [0.2, 0.25) is 5.95 Å². The Morgan fingerprint density at radius 3 is 2.58 bits per heavy atom. The van der Waals surface area contributed by atoms with Gasteiger partial charge in [-0.3, -0.25) is 14.8 Å². The number of anilines is 3. The lowest BCUT2D eigenvalue weighted by molar-refractivity contribution is -0.142. The van der Waals surface area contributed by atoms with Crippen LogP contribution in [0.5, 0.6) is 0 Å². The predicted molar refractivity (Wildman–Crippen MR) is 65.6 cm³/mol. The Kier molecular flexibility index (Phi) is 6.26. The lowest BCUT2D eigenvalue weighted by atomic mass is 10.4. The van der Waals surface area contributed by atoms with Crippen LogP contribution in [0.2, 0.25) is 0 Å². The van der Waals surface area contributed by atoms with E-state index in [2.05, 4.69) is 30.6 Å². The highest BCUT2D eigenvalue weighted by Gasteiger charge is 2.07. The number of carbonyl (C=O) groups excluding carboxylic acids is 1. The number of esters is 1. The van der Waals surface area contributed by atoms with Crippen molar-refractivity contribution in [2.24, 2.45) is 0 Å². The molecule has 10 heteroatoms. The molecule has 4 N–H and O–H groups in total. The number of hydrogen-bond acceptors (Lipinski definition) is 10. The maximum absolute atomic E-state index is 11.1. The van der Waals surface area contributed by atoms with Gasteiger partial charge in [0.05, 0.1) is 20.1 Å². The van der Waals surface area contributed by atoms with Crippen LogP contribution in [0.25, 0.3) is 0 Å². The molecule has 0 aromatic carbocycles. The fraction of sp³-hybridized carbons (Fsp3) is 0.556. The number of rotatable bonds is 8. The molecule has 1 aromatic rings. The first-order valence-corrected chi connectivity index (χ1v) is 5.54. The molecule has 1 rings (SSSR count). The molecule has 0 radical (unpaired) electrons. The molecule has 1 aromatic heterocycles. The van der Waals surface area contributed by atoms with Crippen LogP contribution in [-0.2, 0) is 14.4 Å². The normalized spacial score (nSPS) is 9.84. The average molecular weight is 272 g/mol. The quantitative estimate of drug-likeness (QED) is 0.379. The molecule has 0 unspecified atom stereocenters. The summed E-state index contributed by atoms with van der Waals surface area (Å²) in [6.07, 6.45) is 0.175. The largest absolute Gasteiger partial charge is 0.466 e. The summed E-state index contributed by atoms with van der Waals surface area (Å²) >= 11 is 0. The van der Waals surface area contributed by atoms with Gasteiger partial charge < -0.3 is 10.1 Å². The molecular formula is C9H16N6O4. The highest BCUT2D eigenvalue weighted by atomic mass is 16.6. The minimum Gasteiger partial charge on any atom is -0.466 e. The van der Waals surface area contributed by atoms with Crippen LogP contribution in [0.3, 0.4) is 0 Å². The van der Waals surface area contributed by atoms with Crippen molar-refractivity contribution < 1.29 is 19.6 Å². The number of nitrogens with zero attached hydrogens (tertiary/aromatic N) is 3. The number of hydrogen-bond donors (Lipinski definition) is 4. The molecule has 19 heavy (non-hydrogen) atoms. The molecular weight excluding hydrogens is 256 g/mol. The minimum absolute atomic E-state index is 0.0619. The van der Waals surface area contributed by atoms with Gasteiger partial charge in [0.15, 0.2) is 0 Å². The van der Waals surface area contributed by atoms with Crippen LogP contribution in [0.15, 0.2) is 0 Å². The van der Waals surface area contributed by atoms with Crippen molar-refractivity contribution in [2.45, 2.75) is 13.3 Å². The molecule has 0 aliphatic heterocycles. The first-order chi connectivity index (χ1) is 9.19. The molecule has 0 saturated heterocycles. The highest BCUT2D eigenvalue weighted by Crippen LogP contribution is 2.08. The third kappa shape index (κ3) is 5.31. The summed E-state index contributed by atoms with van der Waals surface area (Å²) in [6, 6.07) is 0. The topological polar surface area (TPSA) is 131 Å². The Morgan fingerprint density at radius 1 is 1.26 bits per heavy atom. The zero-order valence-corrected chi connectivity index (χ0v) is 10.6. The van der Waals surface area contributed by atoms with E-state index in [1.807, 2.05) is 0 Å². The molecule has 0 aliphatic carbocycles. The molecule has 0 saturated carbocycles. The van der Waals surface area contributed by atoms with Gasteiger partial charge >= 0.3 is 5.97 Å². The van der Waals surface area contributed by atoms with Gasteiger partial charge in [-0.25, -0.2) is 11.0 Å². The van der Waals surface area contributed by atoms with Crippen LogP contribution in [0.4, 0.5) is 17.8 Å². The minimum atomic E-state index is -0.320. The van der Waals surface area contributed by atoms with E-state index < -0.39 is 0 Å². The fourth-order valence-corrected chi connectivity index (χ4v) is 1.15. The summed E-state index contributed by atoms with van der Waals surface area (Å²) in [6.45, 7) is 2.37. The van der Waals surface area contributed by atoms with E-state index in [9.17, 15) is 4.79 Å². The zero-order valence-electron chi connectivity index (χ0n) is 10.6. The Labute approximate surface area is 109 Å². The van der Waals surface area contributed by atoms with Gasteiger partial charge in [0, 0.05) is 6.54 Å². The second-order valence-electron chi connectivity index (χ2n) is 3.21. The van der Waals surface area contributed by atoms with Crippen molar-refractivity contribution >= 4 is 23.8 Å². The van der Waals surface area contributed by atoms with E-state index in [4.69, 9.17) is 9.94 Å². The van der Waals surface area contributed by atoms with E-state index in [1.165, 1.54) is 7.11 Å². The van der Waals surface area contributed by atoms with Gasteiger partial charge in [-0.1, -0.05) is 0 Å². The summed E-state index contributed by atoms with van der Waals surface area (Å²) < 4.78 is 4.77. The molecule has 0 spiro atoms. The predicted octanol–water partition coefficient (Wildman–Crippen LogP) is 0.0111. The van der Waals surface area contributed by atoms with Crippen molar-refractivity contribution in [3.63, 3.8) is 0 Å². The number of ether oxygens (including phenoxy) is 1. The van der Waals surface area contributed by atoms with Crippen LogP contribution >= 0.6 is 0 Å². The molecule has 1 heterocycles. The summed E-state index contributed by atoms with van der Waals surface area (Å²) in [5.74, 6) is -0.101. The Bertz CT molecular complexity index is 416. The lowest BCUT2D eigenvalue weighted by Gasteiger charge is -2.08. The first kappa shape index (κ1) is 14.9. The van der Waals surface area contributed by atoms with Crippen LogP contribution in [0, 0.1) is 0 Å². The standard InChI is InChI=1S/C9H16N6O4/c1-3-19-6(16)4-5-10-7-11-8(14-17)13-9(12-7)15-18-2/h17H,3-5H2,1-2H3,(H3,10,11,12,13,14,15). The van der Waals surface area contributed by atoms with Gasteiger partial charge in [0.25, 0.3) is 11.9 Å². The first-order valence-electron chi connectivity index (χ1n) is 5.54. The molecule has 0 aliphatic rings. The summed E-state index contributed by atoms with van der Waals surface area (Å²) in [4.78, 5) is 27.3. The number of aromatic nitrogens is 3. The van der Waals surface area contributed by atoms with E-state index >= 15 is 0 Å². The monoisotopic (exact) mass is 272 g/mol. The Morgan fingerprint density at radius 2 is 1.95 bits per heavy atom. The summed E-state index contributed by atoms with van der Waals surface area (Å²) in [5.41, 5.74) is 4.19. The van der Waals surface area contributed by atoms with E-state index in [0.29, 0.717) is 13.2 Å². The van der Waals surface area contributed by atoms with Crippen LogP contribution in [0.1, 0.15) is 13.3 Å². The smallest absolute Gasteiger partial charge is 0.307 e. The molecule has 10 nitrogen and oxygen atoms in total. The summed E-state index contributed by atoms with van der Waals surface area (Å²) in [7, 11) is 1.39. The second kappa shape index (κ2) is 8.00. The maximum atomic E-state index is 11.1. The molecule has 0 atom stereocenters. The average Bonchev–Trinajstić information content (AvgIpc) is 2.39. The van der Waals surface area contributed by atoms with Crippen molar-refractivity contribution in [3.8, 4) is 0 Å². The molecule has 106 valence electrons. The highest BCUT2D eigenvalue weighted by molar-refractivity contribution is 5.69. The van der Waals surface area contributed by atoms with Crippen molar-refractivity contribution in [1.29, 1.82) is 0 Å². The van der Waals surface area contributed by atoms with Crippen LogP contribution < -0.4 is 16.3 Å². The van der Waals surface area contributed by atoms with Gasteiger partial charge in [0.1, 0.15) is 0 Å². The summed E-state index contributed by atoms with van der Waals surface area (Å²) in [5, 5.41) is 11.6. The van der Waals surface area contributed by atoms with Crippen LogP contribution in [-0.4, -0.2) is 46.4 Å². The van der Waals surface area contributed by atoms with E-state index in [0.717, 1.165) is 0 Å². The number of carbonyl (C=O) groups is 1. The van der Waals surface area contributed by atoms with Crippen molar-refractivity contribution in [2.75, 3.05) is 36.5 Å². The zero-order chi connectivity index (χ0) is 14.1. The molecule has 0 amide bonds. The fourth-order valence-electron chi connectivity index (χ4n) is 1.15. The van der Waals surface area contributed by atoms with Gasteiger partial charge in [-0.05, 0) is 6.92 Å².